The smallest absolute Gasteiger partial charge is 0.302 e. The number of piperidine rings is 1. The Labute approximate surface area is 234 Å². The van der Waals surface area contributed by atoms with E-state index in [4.69, 9.17) is 14.2 Å². The molecule has 204 valence electrons. The zero-order valence-corrected chi connectivity index (χ0v) is 22.3. The SMILES string of the molecule is O=c1ccn2c(n1)O[C@H]1[C@H](N3CCCCC3)[C@@H](COC(c3ccccc3)(c3ccccc3)c3ccccc3)O[C@H]12. The molecule has 2 fully saturated rings. The highest BCUT2D eigenvalue weighted by Gasteiger charge is 2.54. The van der Waals surface area contributed by atoms with Gasteiger partial charge >= 0.3 is 6.01 Å². The van der Waals surface area contributed by atoms with E-state index in [1.54, 1.807) is 6.20 Å². The van der Waals surface area contributed by atoms with Crippen molar-refractivity contribution in [2.75, 3.05) is 19.7 Å². The first kappa shape index (κ1) is 25.2. The zero-order valence-electron chi connectivity index (χ0n) is 22.3. The largest absolute Gasteiger partial charge is 0.455 e. The van der Waals surface area contributed by atoms with E-state index in [1.165, 1.54) is 12.5 Å². The number of rotatable bonds is 7. The van der Waals surface area contributed by atoms with Gasteiger partial charge in [0.15, 0.2) is 12.3 Å². The van der Waals surface area contributed by atoms with Gasteiger partial charge in [-0.05, 0) is 42.6 Å². The average Bonchev–Trinajstić information content (AvgIpc) is 3.54. The molecule has 4 heterocycles. The van der Waals surface area contributed by atoms with E-state index in [1.807, 2.05) is 22.8 Å². The summed E-state index contributed by atoms with van der Waals surface area (Å²) in [5.41, 5.74) is 2.04. The molecule has 0 spiro atoms. The van der Waals surface area contributed by atoms with E-state index in [2.05, 4.69) is 82.7 Å². The summed E-state index contributed by atoms with van der Waals surface area (Å²) >= 11 is 0. The van der Waals surface area contributed by atoms with E-state index in [0.29, 0.717) is 12.6 Å². The summed E-state index contributed by atoms with van der Waals surface area (Å²) in [6, 6.07) is 33.0. The Bertz CT molecular complexity index is 1390. The van der Waals surface area contributed by atoms with Crippen LogP contribution in [0.1, 0.15) is 42.2 Å². The van der Waals surface area contributed by atoms with Crippen molar-refractivity contribution >= 4 is 0 Å². The summed E-state index contributed by atoms with van der Waals surface area (Å²) in [6.45, 7) is 2.33. The van der Waals surface area contributed by atoms with Crippen molar-refractivity contribution in [2.24, 2.45) is 0 Å². The number of fused-ring (bicyclic) bond motifs is 3. The van der Waals surface area contributed by atoms with Crippen LogP contribution in [0.25, 0.3) is 0 Å². The first-order chi connectivity index (χ1) is 19.7. The minimum atomic E-state index is -0.831. The van der Waals surface area contributed by atoms with E-state index >= 15 is 0 Å². The standard InChI is InChI=1S/C33H33N3O4/c37-28-19-22-36-31-30(40-32(36)34-28)29(35-20-11-4-12-21-35)27(39-31)23-38-33(24-13-5-1-6-14-24,25-15-7-2-8-16-25)26-17-9-3-10-18-26/h1-3,5-10,13-19,22,27,29-31H,4,11-12,20-21,23H2/t27-,29-,30+,31-/m1/s1. The zero-order chi connectivity index (χ0) is 26.9. The number of hydrogen-bond acceptors (Lipinski definition) is 6. The second-order valence-corrected chi connectivity index (χ2v) is 10.8. The van der Waals surface area contributed by atoms with Crippen molar-refractivity contribution in [3.8, 4) is 6.01 Å². The molecule has 40 heavy (non-hydrogen) atoms. The van der Waals surface area contributed by atoms with E-state index in [-0.39, 0.29) is 30.0 Å². The van der Waals surface area contributed by atoms with Crippen LogP contribution in [0.3, 0.4) is 0 Å². The van der Waals surface area contributed by atoms with Crippen molar-refractivity contribution in [3.05, 3.63) is 130 Å². The van der Waals surface area contributed by atoms with Crippen LogP contribution in [0.2, 0.25) is 0 Å². The third-order valence-electron chi connectivity index (χ3n) is 8.45. The highest BCUT2D eigenvalue weighted by Crippen LogP contribution is 2.45. The van der Waals surface area contributed by atoms with Gasteiger partial charge in [-0.1, -0.05) is 97.4 Å². The minimum Gasteiger partial charge on any atom is -0.455 e. The quantitative estimate of drug-likeness (QED) is 0.318. The lowest BCUT2D eigenvalue weighted by atomic mass is 9.80. The predicted molar refractivity (Wildman–Crippen MR) is 151 cm³/mol. The third-order valence-corrected chi connectivity index (χ3v) is 8.45. The Morgan fingerprint density at radius 3 is 1.95 bits per heavy atom. The second-order valence-electron chi connectivity index (χ2n) is 10.8. The van der Waals surface area contributed by atoms with Crippen molar-refractivity contribution in [1.29, 1.82) is 0 Å². The van der Waals surface area contributed by atoms with Gasteiger partial charge in [-0.2, -0.15) is 4.98 Å². The molecule has 7 rings (SSSR count). The third kappa shape index (κ3) is 4.35. The summed E-state index contributed by atoms with van der Waals surface area (Å²) in [5, 5.41) is 0. The Hall–Kier alpha value is -3.78. The average molecular weight is 536 g/mol. The van der Waals surface area contributed by atoms with Gasteiger partial charge in [0.1, 0.15) is 11.7 Å². The number of benzene rings is 3. The maximum atomic E-state index is 11.9. The van der Waals surface area contributed by atoms with Gasteiger partial charge in [0.2, 0.25) is 0 Å². The molecule has 3 aliphatic heterocycles. The van der Waals surface area contributed by atoms with Crippen molar-refractivity contribution in [1.82, 2.24) is 14.5 Å². The molecular formula is C33H33N3O4. The fraction of sp³-hybridized carbons (Fsp3) is 0.333. The van der Waals surface area contributed by atoms with Crippen molar-refractivity contribution < 1.29 is 14.2 Å². The Morgan fingerprint density at radius 2 is 1.38 bits per heavy atom. The van der Waals surface area contributed by atoms with E-state index < -0.39 is 5.60 Å². The number of hydrogen-bond donors (Lipinski definition) is 0. The number of ether oxygens (including phenoxy) is 3. The van der Waals surface area contributed by atoms with Gasteiger partial charge in [-0.15, -0.1) is 0 Å². The molecule has 7 heteroatoms. The lowest BCUT2D eigenvalue weighted by Crippen LogP contribution is -2.52. The predicted octanol–water partition coefficient (Wildman–Crippen LogP) is 4.76. The number of likely N-dealkylation sites (tertiary alicyclic amines) is 1. The maximum absolute atomic E-state index is 11.9. The molecule has 4 atom stereocenters. The van der Waals surface area contributed by atoms with Crippen LogP contribution >= 0.6 is 0 Å². The van der Waals surface area contributed by atoms with Crippen LogP contribution in [0.4, 0.5) is 0 Å². The normalized spacial score (nSPS) is 24.3. The van der Waals surface area contributed by atoms with Crippen LogP contribution in [-0.4, -0.2) is 52.4 Å². The molecule has 0 radical (unpaired) electrons. The fourth-order valence-electron chi connectivity index (χ4n) is 6.64. The lowest BCUT2D eigenvalue weighted by Gasteiger charge is -2.39. The molecule has 0 aliphatic carbocycles. The summed E-state index contributed by atoms with van der Waals surface area (Å²) in [6.07, 6.45) is 4.39. The lowest BCUT2D eigenvalue weighted by molar-refractivity contribution is -0.0883. The van der Waals surface area contributed by atoms with Crippen molar-refractivity contribution in [2.45, 2.75) is 49.3 Å². The highest BCUT2D eigenvalue weighted by molar-refractivity contribution is 5.47. The molecule has 7 nitrogen and oxygen atoms in total. The Morgan fingerprint density at radius 1 is 0.800 bits per heavy atom. The van der Waals surface area contributed by atoms with Gasteiger partial charge < -0.3 is 14.2 Å². The molecule has 1 aromatic heterocycles. The first-order valence-corrected chi connectivity index (χ1v) is 14.2. The van der Waals surface area contributed by atoms with Crippen LogP contribution in [0, 0.1) is 0 Å². The maximum Gasteiger partial charge on any atom is 0.302 e. The topological polar surface area (TPSA) is 65.8 Å². The summed E-state index contributed by atoms with van der Waals surface area (Å²) < 4.78 is 22.1. The minimum absolute atomic E-state index is 0.0258. The highest BCUT2D eigenvalue weighted by atomic mass is 16.6. The number of nitrogens with zero attached hydrogens (tertiary/aromatic N) is 3. The molecule has 0 unspecified atom stereocenters. The molecular weight excluding hydrogens is 502 g/mol. The molecule has 0 bridgehead atoms. The molecule has 0 saturated carbocycles. The summed E-state index contributed by atoms with van der Waals surface area (Å²) in [4.78, 5) is 18.5. The van der Waals surface area contributed by atoms with Crippen LogP contribution in [-0.2, 0) is 15.1 Å². The summed E-state index contributed by atoms with van der Waals surface area (Å²) in [5.74, 6) is 0. The molecule has 0 amide bonds. The molecule has 3 aromatic carbocycles. The van der Waals surface area contributed by atoms with Gasteiger partial charge in [0.25, 0.3) is 5.56 Å². The monoisotopic (exact) mass is 535 g/mol. The summed E-state index contributed by atoms with van der Waals surface area (Å²) in [7, 11) is 0. The van der Waals surface area contributed by atoms with E-state index in [0.717, 1.165) is 42.6 Å². The Kier molecular flexibility index (Phi) is 6.71. The van der Waals surface area contributed by atoms with Crippen molar-refractivity contribution in [3.63, 3.8) is 0 Å². The molecule has 0 N–H and O–H groups in total. The molecule has 2 saturated heterocycles. The van der Waals surface area contributed by atoms with Gasteiger partial charge in [0.05, 0.1) is 12.6 Å². The second kappa shape index (κ2) is 10.7. The number of aromatic nitrogens is 2. The fourth-order valence-corrected chi connectivity index (χ4v) is 6.64. The van der Waals surface area contributed by atoms with Crippen LogP contribution in [0.5, 0.6) is 6.01 Å². The van der Waals surface area contributed by atoms with E-state index in [9.17, 15) is 4.79 Å². The van der Waals surface area contributed by atoms with Crippen LogP contribution < -0.4 is 10.3 Å². The first-order valence-electron chi connectivity index (χ1n) is 14.2. The van der Waals surface area contributed by atoms with Gasteiger partial charge in [-0.3, -0.25) is 14.3 Å². The molecule has 3 aliphatic rings. The van der Waals surface area contributed by atoms with Gasteiger partial charge in [-0.25, -0.2) is 0 Å². The van der Waals surface area contributed by atoms with Crippen LogP contribution in [0.15, 0.2) is 108 Å². The molecule has 4 aromatic rings. The Balaban J connectivity index is 1.28. The van der Waals surface area contributed by atoms with Gasteiger partial charge in [0, 0.05) is 12.3 Å².